The predicted octanol–water partition coefficient (Wildman–Crippen LogP) is 2.00. The lowest BCUT2D eigenvalue weighted by Crippen LogP contribution is -2.62. The van der Waals surface area contributed by atoms with Crippen LogP contribution < -0.4 is 10.6 Å². The third-order valence-electron chi connectivity index (χ3n) is 6.82. The van der Waals surface area contributed by atoms with Crippen molar-refractivity contribution in [1.82, 2.24) is 25.3 Å². The largest absolute Gasteiger partial charge is 0.355 e. The number of nitrogens with zero attached hydrogens (tertiary/aromatic N) is 4. The van der Waals surface area contributed by atoms with Crippen molar-refractivity contribution < 1.29 is 4.79 Å². The van der Waals surface area contributed by atoms with Gasteiger partial charge in [0.05, 0.1) is 0 Å². The van der Waals surface area contributed by atoms with Gasteiger partial charge in [-0.1, -0.05) is 18.6 Å². The molecule has 1 aromatic carbocycles. The summed E-state index contributed by atoms with van der Waals surface area (Å²) in [5, 5.41) is 7.07. The molecule has 7 heteroatoms. The summed E-state index contributed by atoms with van der Waals surface area (Å²) < 4.78 is 0. The maximum Gasteiger partial charge on any atom is 0.253 e. The van der Waals surface area contributed by atoms with E-state index < -0.39 is 0 Å². The number of hydrogen-bond donors (Lipinski definition) is 2. The highest BCUT2D eigenvalue weighted by atomic mass is 16.2. The van der Waals surface area contributed by atoms with Crippen LogP contribution >= 0.6 is 0 Å². The number of benzene rings is 1. The molecule has 0 spiro atoms. The fraction of sp³-hybridized carbons (Fsp3) is 0.667. The van der Waals surface area contributed by atoms with Crippen molar-refractivity contribution in [3.05, 3.63) is 35.4 Å². The fourth-order valence-electron chi connectivity index (χ4n) is 4.69. The maximum absolute atomic E-state index is 12.1. The molecule has 31 heavy (non-hydrogen) atoms. The van der Waals surface area contributed by atoms with Gasteiger partial charge in [-0.05, 0) is 76.6 Å². The first kappa shape index (κ1) is 23.5. The molecule has 0 saturated carbocycles. The SMILES string of the molecule is CN=C(NCc1ccc(C(=O)N(C)C)cc1)NCC1(N2CCCCC2)CCN(C)CC1. The molecule has 2 aliphatic heterocycles. The van der Waals surface area contributed by atoms with Crippen LogP contribution in [0.15, 0.2) is 29.3 Å². The van der Waals surface area contributed by atoms with Crippen molar-refractivity contribution in [2.75, 3.05) is 60.9 Å². The number of hydrogen-bond acceptors (Lipinski definition) is 4. The van der Waals surface area contributed by atoms with E-state index in [1.54, 1.807) is 19.0 Å². The van der Waals surface area contributed by atoms with E-state index in [0.717, 1.165) is 31.2 Å². The number of carbonyl (C=O) groups is 1. The van der Waals surface area contributed by atoms with Gasteiger partial charge in [-0.3, -0.25) is 14.7 Å². The van der Waals surface area contributed by atoms with Gasteiger partial charge in [0.15, 0.2) is 5.96 Å². The van der Waals surface area contributed by atoms with Crippen molar-refractivity contribution >= 4 is 11.9 Å². The Morgan fingerprint density at radius 2 is 1.68 bits per heavy atom. The first-order chi connectivity index (χ1) is 14.9. The second kappa shape index (κ2) is 11.0. The van der Waals surface area contributed by atoms with Crippen LogP contribution in [-0.4, -0.2) is 93.0 Å². The summed E-state index contributed by atoms with van der Waals surface area (Å²) >= 11 is 0. The van der Waals surface area contributed by atoms with Crippen LogP contribution in [0.1, 0.15) is 48.0 Å². The van der Waals surface area contributed by atoms with Crippen LogP contribution in [0.5, 0.6) is 0 Å². The number of piperidine rings is 2. The summed E-state index contributed by atoms with van der Waals surface area (Å²) in [4.78, 5) is 23.3. The van der Waals surface area contributed by atoms with E-state index in [9.17, 15) is 4.79 Å². The number of carbonyl (C=O) groups excluding carboxylic acids is 1. The molecule has 0 unspecified atom stereocenters. The van der Waals surface area contributed by atoms with Crippen molar-refractivity contribution in [2.24, 2.45) is 4.99 Å². The zero-order valence-electron chi connectivity index (χ0n) is 19.8. The monoisotopic (exact) mass is 428 g/mol. The molecule has 0 atom stereocenters. The van der Waals surface area contributed by atoms with Gasteiger partial charge >= 0.3 is 0 Å². The summed E-state index contributed by atoms with van der Waals surface area (Å²) in [6, 6.07) is 7.78. The molecule has 1 amide bonds. The van der Waals surface area contributed by atoms with E-state index in [1.165, 1.54) is 45.2 Å². The molecule has 2 fully saturated rings. The lowest BCUT2D eigenvalue weighted by molar-refractivity contribution is 0.0173. The van der Waals surface area contributed by atoms with Crippen LogP contribution in [0.3, 0.4) is 0 Å². The van der Waals surface area contributed by atoms with Gasteiger partial charge < -0.3 is 20.4 Å². The highest BCUT2D eigenvalue weighted by Gasteiger charge is 2.39. The lowest BCUT2D eigenvalue weighted by atomic mass is 9.84. The molecule has 2 saturated heterocycles. The number of nitrogens with one attached hydrogen (secondary N) is 2. The molecule has 0 radical (unpaired) electrons. The van der Waals surface area contributed by atoms with Crippen LogP contribution in [0, 0.1) is 0 Å². The maximum atomic E-state index is 12.1. The van der Waals surface area contributed by atoms with Crippen LogP contribution in [0.2, 0.25) is 0 Å². The first-order valence-corrected chi connectivity index (χ1v) is 11.6. The Kier molecular flexibility index (Phi) is 8.32. The van der Waals surface area contributed by atoms with E-state index in [4.69, 9.17) is 0 Å². The zero-order chi connectivity index (χ0) is 22.3. The van der Waals surface area contributed by atoms with Crippen molar-refractivity contribution in [2.45, 2.75) is 44.2 Å². The van der Waals surface area contributed by atoms with Gasteiger partial charge in [0.25, 0.3) is 5.91 Å². The summed E-state index contributed by atoms with van der Waals surface area (Å²) in [6.07, 6.45) is 6.40. The van der Waals surface area contributed by atoms with Crippen LogP contribution in [-0.2, 0) is 6.54 Å². The van der Waals surface area contributed by atoms with Crippen LogP contribution in [0.25, 0.3) is 0 Å². The quantitative estimate of drug-likeness (QED) is 0.536. The predicted molar refractivity (Wildman–Crippen MR) is 128 cm³/mol. The molecule has 2 aliphatic rings. The molecule has 0 aromatic heterocycles. The summed E-state index contributed by atoms with van der Waals surface area (Å²) in [6.45, 7) is 6.35. The summed E-state index contributed by atoms with van der Waals surface area (Å²) in [5.41, 5.74) is 2.06. The number of guanidine groups is 1. The lowest BCUT2D eigenvalue weighted by Gasteiger charge is -2.50. The van der Waals surface area contributed by atoms with Gasteiger partial charge in [-0.2, -0.15) is 0 Å². The van der Waals surface area contributed by atoms with Crippen molar-refractivity contribution in [3.8, 4) is 0 Å². The molecule has 172 valence electrons. The second-order valence-corrected chi connectivity index (χ2v) is 9.25. The standard InChI is InChI=1S/C24H40N6O/c1-25-23(26-18-20-8-10-21(11-9-20)22(31)28(2)3)27-19-24(12-16-29(4)17-13-24)30-14-6-5-7-15-30/h8-11H,5-7,12-19H2,1-4H3,(H2,25,26,27). The Balaban J connectivity index is 1.56. The third kappa shape index (κ3) is 6.20. The normalized spacial score (nSPS) is 20.3. The Labute approximate surface area is 187 Å². The number of rotatable bonds is 6. The Hall–Kier alpha value is -2.12. The Morgan fingerprint density at radius 3 is 2.26 bits per heavy atom. The first-order valence-electron chi connectivity index (χ1n) is 11.6. The summed E-state index contributed by atoms with van der Waals surface area (Å²) in [5.74, 6) is 0.863. The molecule has 1 aromatic rings. The van der Waals surface area contributed by atoms with E-state index >= 15 is 0 Å². The van der Waals surface area contributed by atoms with E-state index in [0.29, 0.717) is 12.1 Å². The van der Waals surface area contributed by atoms with Gasteiger partial charge in [0.1, 0.15) is 0 Å². The molecular formula is C24H40N6O. The minimum absolute atomic E-state index is 0.0260. The van der Waals surface area contributed by atoms with Crippen molar-refractivity contribution in [1.29, 1.82) is 0 Å². The highest BCUT2D eigenvalue weighted by Crippen LogP contribution is 2.30. The van der Waals surface area contributed by atoms with Gasteiger partial charge in [0, 0.05) is 45.3 Å². The molecule has 2 N–H and O–H groups in total. The fourth-order valence-corrected chi connectivity index (χ4v) is 4.69. The highest BCUT2D eigenvalue weighted by molar-refractivity contribution is 5.93. The number of amides is 1. The van der Waals surface area contributed by atoms with E-state index in [2.05, 4.69) is 32.5 Å². The minimum Gasteiger partial charge on any atom is -0.355 e. The zero-order valence-corrected chi connectivity index (χ0v) is 19.8. The van der Waals surface area contributed by atoms with E-state index in [-0.39, 0.29) is 11.4 Å². The molecule has 0 bridgehead atoms. The third-order valence-corrected chi connectivity index (χ3v) is 6.82. The number of aliphatic imine (C=N–C) groups is 1. The smallest absolute Gasteiger partial charge is 0.253 e. The second-order valence-electron chi connectivity index (χ2n) is 9.25. The topological polar surface area (TPSA) is 63.2 Å². The van der Waals surface area contributed by atoms with Crippen LogP contribution in [0.4, 0.5) is 0 Å². The van der Waals surface area contributed by atoms with Gasteiger partial charge in [0.2, 0.25) is 0 Å². The molecule has 0 aliphatic carbocycles. The van der Waals surface area contributed by atoms with E-state index in [1.807, 2.05) is 31.3 Å². The summed E-state index contributed by atoms with van der Waals surface area (Å²) in [7, 11) is 7.60. The van der Waals surface area contributed by atoms with Crippen molar-refractivity contribution in [3.63, 3.8) is 0 Å². The average Bonchev–Trinajstić information content (AvgIpc) is 2.81. The molecular weight excluding hydrogens is 388 g/mol. The van der Waals surface area contributed by atoms with Gasteiger partial charge in [-0.15, -0.1) is 0 Å². The number of likely N-dealkylation sites (tertiary alicyclic amines) is 2. The molecule has 7 nitrogen and oxygen atoms in total. The average molecular weight is 429 g/mol. The van der Waals surface area contributed by atoms with Gasteiger partial charge in [-0.25, -0.2) is 0 Å². The Bertz CT molecular complexity index is 731. The molecule has 3 rings (SSSR count). The molecule has 2 heterocycles. The minimum atomic E-state index is 0.0260. The Morgan fingerprint density at radius 1 is 1.03 bits per heavy atom.